The zero-order valence-corrected chi connectivity index (χ0v) is 12.7. The fourth-order valence-electron chi connectivity index (χ4n) is 2.80. The summed E-state index contributed by atoms with van der Waals surface area (Å²) in [5, 5.41) is 2.95. The van der Waals surface area contributed by atoms with Crippen molar-refractivity contribution in [3.05, 3.63) is 54.1 Å². The summed E-state index contributed by atoms with van der Waals surface area (Å²) in [7, 11) is 1.61. The van der Waals surface area contributed by atoms with Gasteiger partial charge in [-0.3, -0.25) is 4.79 Å². The van der Waals surface area contributed by atoms with Gasteiger partial charge in [0.15, 0.2) is 0 Å². The third-order valence-corrected chi connectivity index (χ3v) is 3.92. The Morgan fingerprint density at radius 2 is 1.86 bits per heavy atom. The van der Waals surface area contributed by atoms with Gasteiger partial charge >= 0.3 is 0 Å². The standard InChI is InChI=1S/C18H20N2O2/c1-22-15-8-6-7-14(13-15)19-18(21)16-9-2-3-10-17(16)20-11-4-5-12-20/h2-3,6-10,13H,4-5,11-12H2,1H3,(H,19,21). The number of benzene rings is 2. The highest BCUT2D eigenvalue weighted by Crippen LogP contribution is 2.26. The van der Waals surface area contributed by atoms with Crippen molar-refractivity contribution in [1.82, 2.24) is 0 Å². The fourth-order valence-corrected chi connectivity index (χ4v) is 2.80. The number of carbonyl (C=O) groups is 1. The molecular weight excluding hydrogens is 276 g/mol. The first-order chi connectivity index (χ1) is 10.8. The van der Waals surface area contributed by atoms with Crippen LogP contribution in [-0.2, 0) is 0 Å². The molecule has 2 aromatic rings. The SMILES string of the molecule is COc1cccc(NC(=O)c2ccccc2N2CCCC2)c1. The summed E-state index contributed by atoms with van der Waals surface area (Å²) < 4.78 is 5.19. The maximum atomic E-state index is 12.6. The predicted molar refractivity (Wildman–Crippen MR) is 88.8 cm³/mol. The Morgan fingerprint density at radius 1 is 1.09 bits per heavy atom. The molecule has 22 heavy (non-hydrogen) atoms. The third-order valence-electron chi connectivity index (χ3n) is 3.92. The summed E-state index contributed by atoms with van der Waals surface area (Å²) in [6.07, 6.45) is 2.37. The van der Waals surface area contributed by atoms with Crippen LogP contribution < -0.4 is 15.0 Å². The molecule has 1 N–H and O–H groups in total. The molecule has 4 nitrogen and oxygen atoms in total. The average molecular weight is 296 g/mol. The highest BCUT2D eigenvalue weighted by molar-refractivity contribution is 6.08. The van der Waals surface area contributed by atoms with Crippen molar-refractivity contribution in [1.29, 1.82) is 0 Å². The van der Waals surface area contributed by atoms with Gasteiger partial charge in [-0.2, -0.15) is 0 Å². The molecule has 0 atom stereocenters. The summed E-state index contributed by atoms with van der Waals surface area (Å²) in [6, 6.07) is 15.2. The van der Waals surface area contributed by atoms with Crippen LogP contribution in [0.5, 0.6) is 5.75 Å². The van der Waals surface area contributed by atoms with E-state index in [0.29, 0.717) is 5.56 Å². The zero-order chi connectivity index (χ0) is 15.4. The topological polar surface area (TPSA) is 41.6 Å². The van der Waals surface area contributed by atoms with Crippen LogP contribution in [-0.4, -0.2) is 26.1 Å². The van der Waals surface area contributed by atoms with Gasteiger partial charge in [-0.05, 0) is 37.1 Å². The Labute approximate surface area is 130 Å². The maximum absolute atomic E-state index is 12.6. The molecule has 1 aliphatic rings. The summed E-state index contributed by atoms with van der Waals surface area (Å²) >= 11 is 0. The number of methoxy groups -OCH3 is 1. The van der Waals surface area contributed by atoms with Crippen LogP contribution in [0.1, 0.15) is 23.2 Å². The van der Waals surface area contributed by atoms with Gasteiger partial charge in [-0.25, -0.2) is 0 Å². The minimum Gasteiger partial charge on any atom is -0.497 e. The second-order valence-electron chi connectivity index (χ2n) is 5.40. The molecule has 1 amide bonds. The minimum atomic E-state index is -0.0873. The first-order valence-corrected chi connectivity index (χ1v) is 7.57. The van der Waals surface area contributed by atoms with Gasteiger partial charge in [0.2, 0.25) is 0 Å². The van der Waals surface area contributed by atoms with Gasteiger partial charge in [-0.1, -0.05) is 18.2 Å². The normalized spacial score (nSPS) is 14.0. The number of nitrogens with one attached hydrogen (secondary N) is 1. The first-order valence-electron chi connectivity index (χ1n) is 7.57. The van der Waals surface area contributed by atoms with E-state index < -0.39 is 0 Å². The molecule has 0 unspecified atom stereocenters. The van der Waals surface area contributed by atoms with Gasteiger partial charge in [-0.15, -0.1) is 0 Å². The molecule has 1 saturated heterocycles. The summed E-state index contributed by atoms with van der Waals surface area (Å²) in [5.41, 5.74) is 2.47. The van der Waals surface area contributed by atoms with E-state index in [-0.39, 0.29) is 5.91 Å². The monoisotopic (exact) mass is 296 g/mol. The molecule has 0 saturated carbocycles. The van der Waals surface area contributed by atoms with Crippen molar-refractivity contribution in [3.8, 4) is 5.75 Å². The summed E-state index contributed by atoms with van der Waals surface area (Å²) in [5.74, 6) is 0.640. The number of anilines is 2. The number of para-hydroxylation sites is 1. The van der Waals surface area contributed by atoms with Crippen molar-refractivity contribution in [3.63, 3.8) is 0 Å². The van der Waals surface area contributed by atoms with Gasteiger partial charge < -0.3 is 15.0 Å². The predicted octanol–water partition coefficient (Wildman–Crippen LogP) is 3.55. The Hall–Kier alpha value is -2.49. The molecule has 0 spiro atoms. The second-order valence-corrected chi connectivity index (χ2v) is 5.40. The third kappa shape index (κ3) is 3.06. The summed E-state index contributed by atoms with van der Waals surface area (Å²) in [6.45, 7) is 2.03. The number of rotatable bonds is 4. The van der Waals surface area contributed by atoms with Gasteiger partial charge in [0, 0.05) is 30.5 Å². The molecule has 0 aromatic heterocycles. The Balaban J connectivity index is 1.82. The zero-order valence-electron chi connectivity index (χ0n) is 12.7. The quantitative estimate of drug-likeness (QED) is 0.938. The van der Waals surface area contributed by atoms with Crippen LogP contribution in [0, 0.1) is 0 Å². The number of amides is 1. The molecule has 0 aliphatic carbocycles. The first kappa shape index (κ1) is 14.4. The molecule has 0 radical (unpaired) electrons. The van der Waals surface area contributed by atoms with E-state index in [1.807, 2.05) is 48.5 Å². The van der Waals surface area contributed by atoms with Crippen molar-refractivity contribution >= 4 is 17.3 Å². The minimum absolute atomic E-state index is 0.0873. The number of carbonyl (C=O) groups excluding carboxylic acids is 1. The Kier molecular flexibility index (Phi) is 4.28. The number of hydrogen-bond acceptors (Lipinski definition) is 3. The smallest absolute Gasteiger partial charge is 0.257 e. The highest BCUT2D eigenvalue weighted by Gasteiger charge is 2.19. The van der Waals surface area contributed by atoms with E-state index >= 15 is 0 Å². The van der Waals surface area contributed by atoms with Crippen LogP contribution in [0.3, 0.4) is 0 Å². The van der Waals surface area contributed by atoms with Crippen LogP contribution in [0.2, 0.25) is 0 Å². The Bertz CT molecular complexity index is 664. The van der Waals surface area contributed by atoms with Crippen LogP contribution in [0.15, 0.2) is 48.5 Å². The van der Waals surface area contributed by atoms with Crippen LogP contribution >= 0.6 is 0 Å². The lowest BCUT2D eigenvalue weighted by atomic mass is 10.1. The lowest BCUT2D eigenvalue weighted by molar-refractivity contribution is 0.102. The van der Waals surface area contributed by atoms with Gasteiger partial charge in [0.05, 0.1) is 12.7 Å². The number of hydrogen-bond donors (Lipinski definition) is 1. The highest BCUT2D eigenvalue weighted by atomic mass is 16.5. The van der Waals surface area contributed by atoms with Crippen molar-refractivity contribution in [2.45, 2.75) is 12.8 Å². The van der Waals surface area contributed by atoms with E-state index in [0.717, 1.165) is 30.2 Å². The molecule has 2 aromatic carbocycles. The molecule has 1 heterocycles. The van der Waals surface area contributed by atoms with Crippen molar-refractivity contribution in [2.75, 3.05) is 30.4 Å². The largest absolute Gasteiger partial charge is 0.497 e. The van der Waals surface area contributed by atoms with Gasteiger partial charge in [0.25, 0.3) is 5.91 Å². The molecule has 4 heteroatoms. The number of nitrogens with zero attached hydrogens (tertiary/aromatic N) is 1. The molecular formula is C18H20N2O2. The van der Waals surface area contributed by atoms with E-state index in [1.54, 1.807) is 7.11 Å². The summed E-state index contributed by atoms with van der Waals surface area (Å²) in [4.78, 5) is 14.9. The Morgan fingerprint density at radius 3 is 2.64 bits per heavy atom. The van der Waals surface area contributed by atoms with E-state index in [4.69, 9.17) is 4.74 Å². The van der Waals surface area contributed by atoms with Gasteiger partial charge in [0.1, 0.15) is 5.75 Å². The van der Waals surface area contributed by atoms with Crippen LogP contribution in [0.4, 0.5) is 11.4 Å². The van der Waals surface area contributed by atoms with E-state index in [1.165, 1.54) is 12.8 Å². The molecule has 0 bridgehead atoms. The van der Waals surface area contributed by atoms with Crippen LogP contribution in [0.25, 0.3) is 0 Å². The molecule has 114 valence electrons. The average Bonchev–Trinajstić information content (AvgIpc) is 3.09. The van der Waals surface area contributed by atoms with Crippen molar-refractivity contribution < 1.29 is 9.53 Å². The second kappa shape index (κ2) is 6.52. The maximum Gasteiger partial charge on any atom is 0.257 e. The molecule has 1 aliphatic heterocycles. The van der Waals surface area contributed by atoms with E-state index in [9.17, 15) is 4.79 Å². The van der Waals surface area contributed by atoms with Crippen molar-refractivity contribution in [2.24, 2.45) is 0 Å². The molecule has 3 rings (SSSR count). The number of ether oxygens (including phenoxy) is 1. The van der Waals surface area contributed by atoms with E-state index in [2.05, 4.69) is 10.2 Å². The fraction of sp³-hybridized carbons (Fsp3) is 0.278. The lowest BCUT2D eigenvalue weighted by Crippen LogP contribution is -2.22. The lowest BCUT2D eigenvalue weighted by Gasteiger charge is -2.21. The molecule has 1 fully saturated rings.